The molecule has 0 saturated carbocycles. The van der Waals surface area contributed by atoms with Gasteiger partial charge >= 0.3 is 0 Å². The first-order valence-electron chi connectivity index (χ1n) is 4.69. The number of nitrogens with zero attached hydrogens (tertiary/aromatic N) is 2. The lowest BCUT2D eigenvalue weighted by Gasteiger charge is -2.04. The van der Waals surface area contributed by atoms with E-state index in [0.717, 1.165) is 16.5 Å². The average molecular weight is 252 g/mol. The maximum absolute atomic E-state index is 5.85. The fourth-order valence-electron chi connectivity index (χ4n) is 1.20. The third kappa shape index (κ3) is 2.87. The monoisotopic (exact) mass is 251 g/mol. The highest BCUT2D eigenvalue weighted by Gasteiger charge is 2.02. The van der Waals surface area contributed by atoms with Crippen molar-refractivity contribution in [1.82, 2.24) is 9.97 Å². The van der Waals surface area contributed by atoms with Crippen molar-refractivity contribution in [3.8, 4) is 0 Å². The minimum atomic E-state index is 0.655. The van der Waals surface area contributed by atoms with Crippen LogP contribution in [-0.2, 0) is 5.75 Å². The number of thioether (sulfide) groups is 1. The van der Waals surface area contributed by atoms with Crippen LogP contribution in [0.2, 0.25) is 5.02 Å². The Labute approximate surface area is 103 Å². The highest BCUT2D eigenvalue weighted by atomic mass is 35.5. The first kappa shape index (κ1) is 11.2. The lowest BCUT2D eigenvalue weighted by atomic mass is 10.2. The summed E-state index contributed by atoms with van der Waals surface area (Å²) >= 11 is 7.37. The number of benzene rings is 1. The van der Waals surface area contributed by atoms with E-state index in [1.54, 1.807) is 36.3 Å². The number of aromatic nitrogens is 2. The highest BCUT2D eigenvalue weighted by Crippen LogP contribution is 2.24. The maximum Gasteiger partial charge on any atom is 0.187 e. The van der Waals surface area contributed by atoms with E-state index in [-0.39, 0.29) is 0 Å². The molecule has 1 aromatic heterocycles. The molecule has 0 atom stereocenters. The van der Waals surface area contributed by atoms with Crippen molar-refractivity contribution in [2.24, 2.45) is 0 Å². The number of halogens is 1. The number of nitrogens with two attached hydrogens (primary N) is 1. The van der Waals surface area contributed by atoms with Gasteiger partial charge in [-0.15, -0.1) is 0 Å². The average Bonchev–Trinajstić information content (AvgIpc) is 2.29. The molecule has 1 aromatic carbocycles. The number of hydrogen-bond donors (Lipinski definition) is 1. The smallest absolute Gasteiger partial charge is 0.187 e. The zero-order valence-electron chi connectivity index (χ0n) is 8.43. The summed E-state index contributed by atoms with van der Waals surface area (Å²) in [4.78, 5) is 8.25. The van der Waals surface area contributed by atoms with Gasteiger partial charge in [-0.25, -0.2) is 9.97 Å². The number of rotatable bonds is 3. The van der Waals surface area contributed by atoms with Gasteiger partial charge in [-0.3, -0.25) is 0 Å². The Hall–Kier alpha value is -1.26. The van der Waals surface area contributed by atoms with E-state index >= 15 is 0 Å². The summed E-state index contributed by atoms with van der Waals surface area (Å²) in [6.45, 7) is 0. The van der Waals surface area contributed by atoms with Crippen LogP contribution in [-0.4, -0.2) is 9.97 Å². The highest BCUT2D eigenvalue weighted by molar-refractivity contribution is 7.98. The molecule has 0 aliphatic carbocycles. The molecular weight excluding hydrogens is 242 g/mol. The van der Waals surface area contributed by atoms with Gasteiger partial charge in [0.2, 0.25) is 0 Å². The second-order valence-corrected chi connectivity index (χ2v) is 4.54. The van der Waals surface area contributed by atoms with Crippen molar-refractivity contribution >= 4 is 29.1 Å². The van der Waals surface area contributed by atoms with E-state index in [0.29, 0.717) is 10.7 Å². The zero-order valence-corrected chi connectivity index (χ0v) is 10.0. The second kappa shape index (κ2) is 5.18. The Bertz CT molecular complexity index is 476. The fraction of sp³-hybridized carbons (Fsp3) is 0.0909. The Balaban J connectivity index is 2.05. The van der Waals surface area contributed by atoms with Crippen LogP contribution < -0.4 is 5.73 Å². The molecule has 5 heteroatoms. The minimum absolute atomic E-state index is 0.655. The minimum Gasteiger partial charge on any atom is -0.398 e. The largest absolute Gasteiger partial charge is 0.398 e. The van der Waals surface area contributed by atoms with Crippen LogP contribution >= 0.6 is 23.4 Å². The number of anilines is 1. The first-order valence-corrected chi connectivity index (χ1v) is 6.06. The summed E-state index contributed by atoms with van der Waals surface area (Å²) in [5, 5.41) is 1.40. The van der Waals surface area contributed by atoms with Gasteiger partial charge in [0.25, 0.3) is 0 Å². The summed E-state index contributed by atoms with van der Waals surface area (Å²) in [6.07, 6.45) is 3.45. The molecule has 16 heavy (non-hydrogen) atoms. The Morgan fingerprint density at radius 2 is 2.00 bits per heavy atom. The van der Waals surface area contributed by atoms with Gasteiger partial charge in [0.05, 0.1) is 0 Å². The summed E-state index contributed by atoms with van der Waals surface area (Å²) in [7, 11) is 0. The number of nitrogen functional groups attached to an aromatic ring is 1. The summed E-state index contributed by atoms with van der Waals surface area (Å²) < 4.78 is 0. The summed E-state index contributed by atoms with van der Waals surface area (Å²) in [5.41, 5.74) is 7.59. The second-order valence-electron chi connectivity index (χ2n) is 3.16. The van der Waals surface area contributed by atoms with Crippen LogP contribution in [0.3, 0.4) is 0 Å². The molecule has 0 aliphatic heterocycles. The van der Waals surface area contributed by atoms with Crippen molar-refractivity contribution in [2.75, 3.05) is 5.73 Å². The van der Waals surface area contributed by atoms with E-state index in [9.17, 15) is 0 Å². The topological polar surface area (TPSA) is 51.8 Å². The predicted molar refractivity (Wildman–Crippen MR) is 67.5 cm³/mol. The Morgan fingerprint density at radius 1 is 1.25 bits per heavy atom. The van der Waals surface area contributed by atoms with Crippen molar-refractivity contribution in [3.05, 3.63) is 47.2 Å². The first-order chi connectivity index (χ1) is 7.75. The summed E-state index contributed by atoms with van der Waals surface area (Å²) in [5.74, 6) is 0.743. The van der Waals surface area contributed by atoms with Gasteiger partial charge in [0, 0.05) is 28.9 Å². The molecule has 0 aliphatic rings. The van der Waals surface area contributed by atoms with Crippen LogP contribution in [0.1, 0.15) is 5.56 Å². The molecule has 1 heterocycles. The van der Waals surface area contributed by atoms with Crippen molar-refractivity contribution in [2.45, 2.75) is 10.9 Å². The fourth-order valence-corrected chi connectivity index (χ4v) is 2.20. The molecule has 0 saturated heterocycles. The molecule has 0 fully saturated rings. The molecule has 0 amide bonds. The summed E-state index contributed by atoms with van der Waals surface area (Å²) in [6, 6.07) is 7.30. The Morgan fingerprint density at radius 3 is 2.69 bits per heavy atom. The number of hydrogen-bond acceptors (Lipinski definition) is 4. The third-order valence-electron chi connectivity index (χ3n) is 2.01. The maximum atomic E-state index is 5.85. The van der Waals surface area contributed by atoms with Crippen LogP contribution in [0.15, 0.2) is 41.8 Å². The molecule has 3 nitrogen and oxygen atoms in total. The van der Waals surface area contributed by atoms with Gasteiger partial charge in [0.1, 0.15) is 0 Å². The van der Waals surface area contributed by atoms with Crippen LogP contribution in [0.4, 0.5) is 5.69 Å². The van der Waals surface area contributed by atoms with Gasteiger partial charge in [-0.1, -0.05) is 29.4 Å². The lowest BCUT2D eigenvalue weighted by molar-refractivity contribution is 0.966. The lowest BCUT2D eigenvalue weighted by Crippen LogP contribution is -1.93. The molecular formula is C11H10ClN3S. The zero-order chi connectivity index (χ0) is 11.4. The van der Waals surface area contributed by atoms with E-state index in [4.69, 9.17) is 17.3 Å². The van der Waals surface area contributed by atoms with Gasteiger partial charge in [0.15, 0.2) is 5.16 Å². The van der Waals surface area contributed by atoms with Crippen molar-refractivity contribution in [1.29, 1.82) is 0 Å². The van der Waals surface area contributed by atoms with Crippen LogP contribution in [0, 0.1) is 0 Å². The van der Waals surface area contributed by atoms with Crippen LogP contribution in [0.5, 0.6) is 0 Å². The van der Waals surface area contributed by atoms with Gasteiger partial charge in [-0.05, 0) is 23.8 Å². The normalized spacial score (nSPS) is 10.3. The SMILES string of the molecule is Nc1cc(Cl)ccc1CSc1ncccn1. The molecule has 2 aromatic rings. The Kier molecular flexibility index (Phi) is 3.64. The quantitative estimate of drug-likeness (QED) is 0.518. The van der Waals surface area contributed by atoms with E-state index in [1.165, 1.54) is 0 Å². The predicted octanol–water partition coefficient (Wildman–Crippen LogP) is 3.00. The molecule has 0 radical (unpaired) electrons. The van der Waals surface area contributed by atoms with E-state index in [1.807, 2.05) is 12.1 Å². The molecule has 2 rings (SSSR count). The molecule has 0 spiro atoms. The van der Waals surface area contributed by atoms with Crippen LogP contribution in [0.25, 0.3) is 0 Å². The van der Waals surface area contributed by atoms with E-state index < -0.39 is 0 Å². The molecule has 2 N–H and O–H groups in total. The molecule has 0 bridgehead atoms. The molecule has 0 unspecified atom stereocenters. The standard InChI is InChI=1S/C11H10ClN3S/c12-9-3-2-8(10(13)6-9)7-16-11-14-4-1-5-15-11/h1-6H,7,13H2. The third-order valence-corrected chi connectivity index (χ3v) is 3.17. The molecule has 82 valence electrons. The van der Waals surface area contributed by atoms with Crippen molar-refractivity contribution < 1.29 is 0 Å². The van der Waals surface area contributed by atoms with Gasteiger partial charge in [-0.2, -0.15) is 0 Å². The van der Waals surface area contributed by atoms with E-state index in [2.05, 4.69) is 9.97 Å². The van der Waals surface area contributed by atoms with Gasteiger partial charge < -0.3 is 5.73 Å². The van der Waals surface area contributed by atoms with Crippen molar-refractivity contribution in [3.63, 3.8) is 0 Å².